The number of fused-ring (bicyclic) bond motifs is 1. The van der Waals surface area contributed by atoms with Crippen molar-refractivity contribution in [2.45, 2.75) is 65.2 Å². The summed E-state index contributed by atoms with van der Waals surface area (Å²) in [5, 5.41) is 2.96. The number of carbonyl (C=O) groups excluding carboxylic acids is 1. The number of nitrogens with one attached hydrogen (secondary N) is 1. The molecule has 0 bridgehead atoms. The second-order valence-corrected chi connectivity index (χ2v) is 7.39. The number of hydrogen-bond donors (Lipinski definition) is 1. The minimum Gasteiger partial charge on any atom is -0.491 e. The van der Waals surface area contributed by atoms with Gasteiger partial charge in [-0.1, -0.05) is 24.3 Å². The molecule has 0 aliphatic heterocycles. The van der Waals surface area contributed by atoms with Crippen molar-refractivity contribution in [2.24, 2.45) is 0 Å². The molecule has 1 amide bonds. The van der Waals surface area contributed by atoms with Gasteiger partial charge in [-0.15, -0.1) is 0 Å². The van der Waals surface area contributed by atoms with Gasteiger partial charge in [-0.3, -0.25) is 4.79 Å². The first-order valence-corrected chi connectivity index (χ1v) is 9.83. The lowest BCUT2D eigenvalue weighted by Crippen LogP contribution is -2.36. The molecule has 3 rings (SSSR count). The second kappa shape index (κ2) is 8.94. The van der Waals surface area contributed by atoms with Crippen LogP contribution in [-0.2, 0) is 24.2 Å². The second-order valence-electron chi connectivity index (χ2n) is 7.39. The van der Waals surface area contributed by atoms with E-state index in [0.29, 0.717) is 6.54 Å². The van der Waals surface area contributed by atoms with Crippen molar-refractivity contribution >= 4 is 5.91 Å². The molecular weight excluding hydrogens is 338 g/mol. The molecule has 0 aromatic heterocycles. The standard InChI is InChI=1S/C23H29NO3/c1-16(2)26-20-11-6-8-18(14-20)15-24-23(25)17(3)27-22-13-7-10-19-9-4-5-12-21(19)22/h6-8,10-11,13-14,16-17H,4-5,9,12,15H2,1-3H3,(H,24,25)/t17-/m0/s1. The summed E-state index contributed by atoms with van der Waals surface area (Å²) >= 11 is 0. The van der Waals surface area contributed by atoms with E-state index in [2.05, 4.69) is 11.4 Å². The van der Waals surface area contributed by atoms with Gasteiger partial charge in [0.05, 0.1) is 6.10 Å². The van der Waals surface area contributed by atoms with Gasteiger partial charge in [-0.25, -0.2) is 0 Å². The molecule has 1 aliphatic rings. The first-order chi connectivity index (χ1) is 13.0. The van der Waals surface area contributed by atoms with Crippen molar-refractivity contribution in [2.75, 3.05) is 0 Å². The predicted octanol–water partition coefficient (Wildman–Crippen LogP) is 4.44. The summed E-state index contributed by atoms with van der Waals surface area (Å²) in [4.78, 5) is 12.5. The first-order valence-electron chi connectivity index (χ1n) is 9.83. The van der Waals surface area contributed by atoms with Crippen LogP contribution >= 0.6 is 0 Å². The molecule has 0 saturated heterocycles. The molecule has 4 heteroatoms. The fraction of sp³-hybridized carbons (Fsp3) is 0.435. The zero-order valence-corrected chi connectivity index (χ0v) is 16.5. The maximum Gasteiger partial charge on any atom is 0.261 e. The molecular formula is C23H29NO3. The lowest BCUT2D eigenvalue weighted by Gasteiger charge is -2.22. The molecule has 1 aliphatic carbocycles. The van der Waals surface area contributed by atoms with E-state index in [0.717, 1.165) is 29.9 Å². The third kappa shape index (κ3) is 5.25. The van der Waals surface area contributed by atoms with Gasteiger partial charge >= 0.3 is 0 Å². The number of aryl methyl sites for hydroxylation is 1. The van der Waals surface area contributed by atoms with Crippen LogP contribution in [0.25, 0.3) is 0 Å². The van der Waals surface area contributed by atoms with Crippen LogP contribution in [0.2, 0.25) is 0 Å². The molecule has 0 unspecified atom stereocenters. The van der Waals surface area contributed by atoms with E-state index in [4.69, 9.17) is 9.47 Å². The average Bonchev–Trinajstić information content (AvgIpc) is 2.66. The predicted molar refractivity (Wildman–Crippen MR) is 107 cm³/mol. The van der Waals surface area contributed by atoms with Gasteiger partial charge in [-0.2, -0.15) is 0 Å². The largest absolute Gasteiger partial charge is 0.491 e. The number of benzene rings is 2. The van der Waals surface area contributed by atoms with Crippen LogP contribution in [0.5, 0.6) is 11.5 Å². The maximum atomic E-state index is 12.5. The topological polar surface area (TPSA) is 47.6 Å². The Morgan fingerprint density at radius 3 is 2.63 bits per heavy atom. The van der Waals surface area contributed by atoms with Gasteiger partial charge in [-0.05, 0) is 81.3 Å². The monoisotopic (exact) mass is 367 g/mol. The van der Waals surface area contributed by atoms with E-state index >= 15 is 0 Å². The van der Waals surface area contributed by atoms with Gasteiger partial charge in [0.15, 0.2) is 6.10 Å². The Labute approximate surface area is 161 Å². The molecule has 2 aromatic rings. The lowest BCUT2D eigenvalue weighted by atomic mass is 9.91. The Hall–Kier alpha value is -2.49. The summed E-state index contributed by atoms with van der Waals surface area (Å²) in [5.41, 5.74) is 3.63. The smallest absolute Gasteiger partial charge is 0.261 e. The van der Waals surface area contributed by atoms with Crippen LogP contribution in [0.3, 0.4) is 0 Å². The Balaban J connectivity index is 1.57. The van der Waals surface area contributed by atoms with Crippen molar-refractivity contribution in [1.29, 1.82) is 0 Å². The van der Waals surface area contributed by atoms with Crippen LogP contribution in [0.15, 0.2) is 42.5 Å². The third-order valence-electron chi connectivity index (χ3n) is 4.76. The van der Waals surface area contributed by atoms with E-state index in [-0.39, 0.29) is 12.0 Å². The zero-order valence-electron chi connectivity index (χ0n) is 16.5. The van der Waals surface area contributed by atoms with E-state index in [1.165, 1.54) is 24.0 Å². The van der Waals surface area contributed by atoms with Gasteiger partial charge in [0.1, 0.15) is 11.5 Å². The number of amides is 1. The van der Waals surface area contributed by atoms with Crippen molar-refractivity contribution in [3.05, 3.63) is 59.2 Å². The van der Waals surface area contributed by atoms with Crippen LogP contribution < -0.4 is 14.8 Å². The minimum atomic E-state index is -0.534. The van der Waals surface area contributed by atoms with E-state index in [1.807, 2.05) is 50.2 Å². The fourth-order valence-corrected chi connectivity index (χ4v) is 3.43. The molecule has 0 fully saturated rings. The minimum absolute atomic E-state index is 0.112. The highest BCUT2D eigenvalue weighted by Gasteiger charge is 2.19. The zero-order chi connectivity index (χ0) is 19.2. The van der Waals surface area contributed by atoms with Crippen molar-refractivity contribution in [3.63, 3.8) is 0 Å². The maximum absolute atomic E-state index is 12.5. The van der Waals surface area contributed by atoms with E-state index in [9.17, 15) is 4.79 Å². The molecule has 0 heterocycles. The average molecular weight is 367 g/mol. The number of ether oxygens (including phenoxy) is 2. The highest BCUT2D eigenvalue weighted by molar-refractivity contribution is 5.80. The molecule has 144 valence electrons. The summed E-state index contributed by atoms with van der Waals surface area (Å²) in [6.45, 7) is 6.25. The van der Waals surface area contributed by atoms with Crippen LogP contribution in [0.4, 0.5) is 0 Å². The number of carbonyl (C=O) groups is 1. The third-order valence-corrected chi connectivity index (χ3v) is 4.76. The Morgan fingerprint density at radius 1 is 1.04 bits per heavy atom. The highest BCUT2D eigenvalue weighted by Crippen LogP contribution is 2.30. The summed E-state index contributed by atoms with van der Waals surface area (Å²) in [6.07, 6.45) is 4.13. The van der Waals surface area contributed by atoms with E-state index in [1.54, 1.807) is 6.92 Å². The van der Waals surface area contributed by atoms with Crippen molar-refractivity contribution in [3.8, 4) is 11.5 Å². The SMILES string of the molecule is CC(C)Oc1cccc(CNC(=O)[C@H](C)Oc2cccc3c2CCCC3)c1. The molecule has 0 saturated carbocycles. The number of rotatable bonds is 7. The Morgan fingerprint density at radius 2 is 1.81 bits per heavy atom. The summed E-state index contributed by atoms with van der Waals surface area (Å²) in [5.74, 6) is 1.55. The van der Waals surface area contributed by atoms with Gasteiger partial charge in [0.25, 0.3) is 5.91 Å². The van der Waals surface area contributed by atoms with Crippen LogP contribution in [-0.4, -0.2) is 18.1 Å². The Kier molecular flexibility index (Phi) is 6.38. The van der Waals surface area contributed by atoms with Crippen molar-refractivity contribution < 1.29 is 14.3 Å². The summed E-state index contributed by atoms with van der Waals surface area (Å²) < 4.78 is 11.7. The van der Waals surface area contributed by atoms with Gasteiger partial charge in [0, 0.05) is 6.54 Å². The molecule has 27 heavy (non-hydrogen) atoms. The van der Waals surface area contributed by atoms with Crippen LogP contribution in [0, 0.1) is 0 Å². The van der Waals surface area contributed by atoms with E-state index < -0.39 is 6.10 Å². The molecule has 0 spiro atoms. The summed E-state index contributed by atoms with van der Waals surface area (Å²) in [7, 11) is 0. The lowest BCUT2D eigenvalue weighted by molar-refractivity contribution is -0.127. The van der Waals surface area contributed by atoms with Gasteiger partial charge in [0.2, 0.25) is 0 Å². The fourth-order valence-electron chi connectivity index (χ4n) is 3.43. The highest BCUT2D eigenvalue weighted by atomic mass is 16.5. The molecule has 2 aromatic carbocycles. The van der Waals surface area contributed by atoms with Crippen LogP contribution in [0.1, 0.15) is 50.3 Å². The quantitative estimate of drug-likeness (QED) is 0.787. The summed E-state index contributed by atoms with van der Waals surface area (Å²) in [6, 6.07) is 14.0. The molecule has 1 N–H and O–H groups in total. The number of hydrogen-bond acceptors (Lipinski definition) is 3. The molecule has 4 nitrogen and oxygen atoms in total. The van der Waals surface area contributed by atoms with Crippen molar-refractivity contribution in [1.82, 2.24) is 5.32 Å². The first kappa shape index (κ1) is 19.3. The normalized spacial score (nSPS) is 14.4. The molecule has 1 atom stereocenters. The van der Waals surface area contributed by atoms with Gasteiger partial charge < -0.3 is 14.8 Å². The Bertz CT molecular complexity index is 785. The molecule has 0 radical (unpaired) electrons.